The van der Waals surface area contributed by atoms with Crippen molar-refractivity contribution >= 4 is 51.6 Å². The first kappa shape index (κ1) is 22.7. The van der Waals surface area contributed by atoms with E-state index in [1.54, 1.807) is 0 Å². The Kier molecular flexibility index (Phi) is 11.4. The van der Waals surface area contributed by atoms with Gasteiger partial charge in [-0.25, -0.2) is 0 Å². The maximum atomic E-state index is 5.98. The van der Waals surface area contributed by atoms with Crippen molar-refractivity contribution in [2.24, 2.45) is 0 Å². The van der Waals surface area contributed by atoms with Gasteiger partial charge in [0.05, 0.1) is 10.2 Å². The molecule has 148 valence electrons. The third-order valence-corrected chi connectivity index (χ3v) is 6.66. The minimum Gasteiger partial charge on any atom is -0.492 e. The molecule has 2 nitrogen and oxygen atoms in total. The van der Waals surface area contributed by atoms with Crippen LogP contribution in [0.2, 0.25) is 5.02 Å². The molecule has 0 saturated carbocycles. The summed E-state index contributed by atoms with van der Waals surface area (Å²) in [5, 5.41) is 0.707. The number of benzene rings is 2. The van der Waals surface area contributed by atoms with Crippen molar-refractivity contribution in [3.8, 4) is 5.75 Å². The normalized spacial score (nSPS) is 10.9. The number of unbranched alkanes of at least 4 members (excludes halogenated alkanes) is 7. The van der Waals surface area contributed by atoms with E-state index >= 15 is 0 Å². The summed E-state index contributed by atoms with van der Waals surface area (Å²) < 4.78 is 7.02. The summed E-state index contributed by atoms with van der Waals surface area (Å²) in [5.41, 5.74) is 6.77. The predicted octanol–water partition coefficient (Wildman–Crippen LogP) is 7.82. The molecule has 0 atom stereocenters. The first-order valence-corrected chi connectivity index (χ1v) is 12.2. The molecule has 2 rings (SSSR count). The van der Waals surface area contributed by atoms with Gasteiger partial charge in [-0.15, -0.1) is 11.8 Å². The van der Waals surface area contributed by atoms with Crippen molar-refractivity contribution < 1.29 is 4.74 Å². The maximum Gasteiger partial charge on any atom is 0.132 e. The summed E-state index contributed by atoms with van der Waals surface area (Å²) in [5.74, 6) is 2.14. The zero-order valence-electron chi connectivity index (χ0n) is 15.8. The van der Waals surface area contributed by atoms with Crippen LogP contribution in [-0.4, -0.2) is 12.4 Å². The molecular formula is C22H29ClINOS. The van der Waals surface area contributed by atoms with Crippen LogP contribution in [0.1, 0.15) is 51.4 Å². The van der Waals surface area contributed by atoms with E-state index in [9.17, 15) is 0 Å². The van der Waals surface area contributed by atoms with Crippen LogP contribution in [-0.2, 0) is 0 Å². The van der Waals surface area contributed by atoms with E-state index in [2.05, 4.69) is 28.7 Å². The Bertz CT molecular complexity index is 683. The van der Waals surface area contributed by atoms with Gasteiger partial charge < -0.3 is 10.5 Å². The fourth-order valence-electron chi connectivity index (χ4n) is 2.84. The second-order valence-corrected chi connectivity index (χ2v) is 9.37. The third-order valence-electron chi connectivity index (χ3n) is 4.36. The van der Waals surface area contributed by atoms with Gasteiger partial charge in [0.25, 0.3) is 0 Å². The minimum atomic E-state index is 0.707. The average molecular weight is 518 g/mol. The van der Waals surface area contributed by atoms with Crippen LogP contribution in [0.4, 0.5) is 5.69 Å². The summed E-state index contributed by atoms with van der Waals surface area (Å²) in [4.78, 5) is 1.15. The highest BCUT2D eigenvalue weighted by Gasteiger charge is 2.01. The number of rotatable bonds is 13. The number of nitrogens with two attached hydrogens (primary N) is 1. The lowest BCUT2D eigenvalue weighted by Crippen LogP contribution is -1.98. The van der Waals surface area contributed by atoms with Gasteiger partial charge in [0.1, 0.15) is 5.75 Å². The molecule has 27 heavy (non-hydrogen) atoms. The van der Waals surface area contributed by atoms with E-state index in [0.29, 0.717) is 5.02 Å². The summed E-state index contributed by atoms with van der Waals surface area (Å²) in [7, 11) is 0. The maximum absolute atomic E-state index is 5.98. The number of thioether (sulfide) groups is 1. The van der Waals surface area contributed by atoms with Crippen molar-refractivity contribution in [1.82, 2.24) is 0 Å². The van der Waals surface area contributed by atoms with E-state index in [4.69, 9.17) is 22.1 Å². The Hall–Kier alpha value is -0.590. The van der Waals surface area contributed by atoms with E-state index in [1.807, 2.05) is 48.2 Å². The minimum absolute atomic E-state index is 0.707. The van der Waals surface area contributed by atoms with Crippen LogP contribution in [0.15, 0.2) is 47.4 Å². The lowest BCUT2D eigenvalue weighted by Gasteiger charge is -2.08. The van der Waals surface area contributed by atoms with E-state index in [0.717, 1.165) is 35.1 Å². The van der Waals surface area contributed by atoms with Crippen LogP contribution in [0, 0.1) is 3.57 Å². The lowest BCUT2D eigenvalue weighted by molar-refractivity contribution is 0.302. The van der Waals surface area contributed by atoms with Crippen molar-refractivity contribution in [3.63, 3.8) is 0 Å². The lowest BCUT2D eigenvalue weighted by atomic mass is 10.1. The Morgan fingerprint density at radius 2 is 1.56 bits per heavy atom. The van der Waals surface area contributed by atoms with Gasteiger partial charge >= 0.3 is 0 Å². The zero-order chi connectivity index (χ0) is 19.3. The molecule has 0 unspecified atom stereocenters. The molecule has 0 aromatic heterocycles. The highest BCUT2D eigenvalue weighted by atomic mass is 127. The smallest absolute Gasteiger partial charge is 0.132 e. The SMILES string of the molecule is Nc1cc(Cl)ccc1SCCCCCCCCCCOc1ccccc1I. The number of hydrogen-bond acceptors (Lipinski definition) is 3. The van der Waals surface area contributed by atoms with Gasteiger partial charge in [-0.2, -0.15) is 0 Å². The van der Waals surface area contributed by atoms with Crippen LogP contribution >= 0.6 is 46.0 Å². The van der Waals surface area contributed by atoms with Gasteiger partial charge in [-0.1, -0.05) is 62.3 Å². The molecule has 2 aromatic carbocycles. The monoisotopic (exact) mass is 517 g/mol. The molecule has 0 saturated heterocycles. The second kappa shape index (κ2) is 13.6. The van der Waals surface area contributed by atoms with Crippen LogP contribution < -0.4 is 10.5 Å². The van der Waals surface area contributed by atoms with E-state index in [-0.39, 0.29) is 0 Å². The number of para-hydroxylation sites is 1. The molecule has 0 aliphatic carbocycles. The number of anilines is 1. The summed E-state index contributed by atoms with van der Waals surface area (Å²) in [6, 6.07) is 14.0. The average Bonchev–Trinajstić information content (AvgIpc) is 2.65. The first-order chi connectivity index (χ1) is 13.2. The molecule has 0 aliphatic heterocycles. The fourth-order valence-corrected chi connectivity index (χ4v) is 4.52. The van der Waals surface area contributed by atoms with Crippen LogP contribution in [0.3, 0.4) is 0 Å². The molecular weight excluding hydrogens is 489 g/mol. The number of hydrogen-bond donors (Lipinski definition) is 1. The summed E-state index contributed by atoms with van der Waals surface area (Å²) in [6.45, 7) is 0.824. The summed E-state index contributed by atoms with van der Waals surface area (Å²) in [6.07, 6.45) is 10.3. The Morgan fingerprint density at radius 3 is 2.26 bits per heavy atom. The Labute approximate surface area is 186 Å². The largest absolute Gasteiger partial charge is 0.492 e. The molecule has 2 N–H and O–H groups in total. The molecule has 0 fully saturated rings. The number of halogens is 2. The predicted molar refractivity (Wildman–Crippen MR) is 128 cm³/mol. The van der Waals surface area contributed by atoms with Gasteiger partial charge in [-0.05, 0) is 71.5 Å². The summed E-state index contributed by atoms with van der Waals surface area (Å²) >= 11 is 10.1. The highest BCUT2D eigenvalue weighted by molar-refractivity contribution is 14.1. The molecule has 0 radical (unpaired) electrons. The molecule has 5 heteroatoms. The van der Waals surface area contributed by atoms with Gasteiger partial charge in [0.2, 0.25) is 0 Å². The third kappa shape index (κ3) is 9.44. The molecule has 0 aliphatic rings. The van der Waals surface area contributed by atoms with Gasteiger partial charge in [0, 0.05) is 15.6 Å². The first-order valence-electron chi connectivity index (χ1n) is 9.72. The van der Waals surface area contributed by atoms with Crippen molar-refractivity contribution in [1.29, 1.82) is 0 Å². The van der Waals surface area contributed by atoms with E-state index in [1.165, 1.54) is 48.5 Å². The molecule has 0 bridgehead atoms. The molecule has 2 aromatic rings. The standard InChI is InChI=1S/C22H29ClINOS/c23-18-13-14-22(20(25)17-18)27-16-10-6-4-2-1-3-5-9-15-26-21-12-8-7-11-19(21)24/h7-8,11-14,17H,1-6,9-10,15-16,25H2. The molecule has 0 spiro atoms. The van der Waals surface area contributed by atoms with Gasteiger partial charge in [-0.3, -0.25) is 0 Å². The van der Waals surface area contributed by atoms with Gasteiger partial charge in [0.15, 0.2) is 0 Å². The highest BCUT2D eigenvalue weighted by Crippen LogP contribution is 2.28. The second-order valence-electron chi connectivity index (χ2n) is 6.64. The van der Waals surface area contributed by atoms with E-state index < -0.39 is 0 Å². The molecule has 0 heterocycles. The number of nitrogen functional groups attached to an aromatic ring is 1. The Morgan fingerprint density at radius 1 is 0.889 bits per heavy atom. The van der Waals surface area contributed by atoms with Crippen molar-refractivity contribution in [2.45, 2.75) is 56.3 Å². The fraction of sp³-hybridized carbons (Fsp3) is 0.455. The number of ether oxygens (including phenoxy) is 1. The zero-order valence-corrected chi connectivity index (χ0v) is 19.5. The van der Waals surface area contributed by atoms with Crippen molar-refractivity contribution in [2.75, 3.05) is 18.1 Å². The van der Waals surface area contributed by atoms with Crippen LogP contribution in [0.5, 0.6) is 5.75 Å². The Balaban J connectivity index is 1.39. The van der Waals surface area contributed by atoms with Crippen molar-refractivity contribution in [3.05, 3.63) is 51.1 Å². The molecule has 0 amide bonds. The quantitative estimate of drug-likeness (QED) is 0.127. The van der Waals surface area contributed by atoms with Crippen LogP contribution in [0.25, 0.3) is 0 Å². The topological polar surface area (TPSA) is 35.2 Å².